The molecule has 2 rings (SSSR count). The smallest absolute Gasteiger partial charge is 0.338 e. The first kappa shape index (κ1) is 39.9. The number of carbonyl (C=O) groups excluding carboxylic acids is 1. The number of carbonyl (C=O) groups is 1. The summed E-state index contributed by atoms with van der Waals surface area (Å²) in [6.45, 7) is 32.0. The van der Waals surface area contributed by atoms with Crippen molar-refractivity contribution in [3.63, 3.8) is 0 Å². The predicted octanol–water partition coefficient (Wildman–Crippen LogP) is 7.68. The molecule has 11 heteroatoms. The lowest BCUT2D eigenvalue weighted by atomic mass is 9.92. The number of aliphatic hydroxyl groups excluding tert-OH is 2. The molecule has 8 nitrogen and oxygen atoms in total. The number of esters is 1. The Bertz CT molecular complexity index is 1160. The minimum absolute atomic E-state index is 0.130. The minimum Gasteiger partial charge on any atom is -0.497 e. The van der Waals surface area contributed by atoms with E-state index in [0.29, 0.717) is 5.75 Å². The molecular formula is C34H62O8Si3. The molecule has 0 saturated carbocycles. The van der Waals surface area contributed by atoms with Crippen LogP contribution in [0.5, 0.6) is 5.75 Å². The van der Waals surface area contributed by atoms with Gasteiger partial charge >= 0.3 is 5.97 Å². The summed E-state index contributed by atoms with van der Waals surface area (Å²) in [6.07, 6.45) is -2.86. The van der Waals surface area contributed by atoms with Gasteiger partial charge in [-0.25, -0.2) is 4.79 Å². The highest BCUT2D eigenvalue weighted by Gasteiger charge is 2.52. The van der Waals surface area contributed by atoms with Gasteiger partial charge in [-0.3, -0.25) is 0 Å². The Morgan fingerprint density at radius 2 is 1.02 bits per heavy atom. The topological polar surface area (TPSA) is 104 Å². The molecule has 0 fully saturated rings. The largest absolute Gasteiger partial charge is 0.497 e. The summed E-state index contributed by atoms with van der Waals surface area (Å²) < 4.78 is 32.2. The fourth-order valence-corrected chi connectivity index (χ4v) is 7.97. The second-order valence-corrected chi connectivity index (χ2v) is 31.3. The molecule has 0 spiro atoms. The number of aliphatic hydroxyl groups is 2. The van der Waals surface area contributed by atoms with E-state index in [9.17, 15) is 15.0 Å². The van der Waals surface area contributed by atoms with Crippen molar-refractivity contribution in [2.75, 3.05) is 7.11 Å². The van der Waals surface area contributed by atoms with Crippen molar-refractivity contribution < 1.29 is 37.8 Å². The Balaban J connectivity index is 2.78. The van der Waals surface area contributed by atoms with Crippen molar-refractivity contribution in [2.45, 2.75) is 153 Å². The zero-order valence-electron chi connectivity index (χ0n) is 30.8. The Kier molecular flexibility index (Phi) is 12.4. The highest BCUT2D eigenvalue weighted by Crippen LogP contribution is 2.43. The molecule has 0 aliphatic heterocycles. The van der Waals surface area contributed by atoms with Crippen LogP contribution in [0.25, 0.3) is 0 Å². The molecule has 0 saturated heterocycles. The molecule has 1 aliphatic carbocycles. The van der Waals surface area contributed by atoms with E-state index >= 15 is 0 Å². The van der Waals surface area contributed by atoms with Gasteiger partial charge in [0.2, 0.25) is 0 Å². The molecule has 0 bridgehead atoms. The maximum absolute atomic E-state index is 13.7. The lowest BCUT2D eigenvalue weighted by Crippen LogP contribution is -2.62. The molecule has 0 aromatic heterocycles. The summed E-state index contributed by atoms with van der Waals surface area (Å²) in [5, 5.41) is 23.3. The van der Waals surface area contributed by atoms with Gasteiger partial charge in [0.25, 0.3) is 0 Å². The molecule has 2 N–H and O–H groups in total. The summed E-state index contributed by atoms with van der Waals surface area (Å²) >= 11 is 0. The van der Waals surface area contributed by atoms with Crippen LogP contribution in [-0.2, 0) is 18.0 Å². The van der Waals surface area contributed by atoms with E-state index in [1.807, 2.05) is 12.2 Å². The lowest BCUT2D eigenvalue weighted by molar-refractivity contribution is -0.142. The summed E-state index contributed by atoms with van der Waals surface area (Å²) in [5.41, 5.74) is 0.289. The first-order chi connectivity index (χ1) is 20.1. The molecule has 0 radical (unpaired) electrons. The lowest BCUT2D eigenvalue weighted by Gasteiger charge is -2.48. The fraction of sp³-hybridized carbons (Fsp3) is 0.735. The fourth-order valence-electron chi connectivity index (χ4n) is 4.17. The zero-order valence-corrected chi connectivity index (χ0v) is 33.8. The third-order valence-corrected chi connectivity index (χ3v) is 23.9. The molecule has 1 aromatic rings. The van der Waals surface area contributed by atoms with Crippen LogP contribution in [0.15, 0.2) is 36.4 Å². The standard InChI is InChI=1S/C34H62O8Si3/c1-32(2,3)43(11,12)40-25-21-22-26(41-44(13,14)33(4,5)6)29(42-45(15,16)34(7,8)9)30(28(36)27(25)35)39-31(37)23-17-19-24(38-10)20-18-23/h17-22,25-30,35-36H,1-16H3/b22-21-/t25-,26+,27-,28-,29-,30+/m0/s1. The van der Waals surface area contributed by atoms with Gasteiger partial charge in [0, 0.05) is 0 Å². The van der Waals surface area contributed by atoms with Gasteiger partial charge in [-0.2, -0.15) is 0 Å². The maximum atomic E-state index is 13.7. The van der Waals surface area contributed by atoms with Crippen molar-refractivity contribution in [1.82, 2.24) is 0 Å². The van der Waals surface area contributed by atoms with Gasteiger partial charge < -0.3 is 33.0 Å². The Morgan fingerprint density at radius 1 is 0.622 bits per heavy atom. The second-order valence-electron chi connectivity index (χ2n) is 17.0. The molecule has 0 amide bonds. The Morgan fingerprint density at radius 3 is 1.44 bits per heavy atom. The number of rotatable bonds is 9. The van der Waals surface area contributed by atoms with Crippen LogP contribution in [0.4, 0.5) is 0 Å². The van der Waals surface area contributed by atoms with Crippen LogP contribution < -0.4 is 4.74 Å². The molecule has 1 aromatic carbocycles. The van der Waals surface area contributed by atoms with Crippen LogP contribution in [0.1, 0.15) is 72.7 Å². The Labute approximate surface area is 276 Å². The highest BCUT2D eigenvalue weighted by atomic mass is 28.4. The van der Waals surface area contributed by atoms with Crippen molar-refractivity contribution in [3.8, 4) is 5.75 Å². The molecule has 0 unspecified atom stereocenters. The van der Waals surface area contributed by atoms with Gasteiger partial charge in [0.05, 0.1) is 24.9 Å². The first-order valence-electron chi connectivity index (χ1n) is 16.1. The van der Waals surface area contributed by atoms with Crippen molar-refractivity contribution >= 4 is 30.9 Å². The van der Waals surface area contributed by atoms with Crippen LogP contribution in [-0.4, -0.2) is 84.9 Å². The van der Waals surface area contributed by atoms with Crippen molar-refractivity contribution in [2.24, 2.45) is 0 Å². The van der Waals surface area contributed by atoms with Crippen LogP contribution in [0, 0.1) is 0 Å². The number of hydrogen-bond donors (Lipinski definition) is 2. The van der Waals surface area contributed by atoms with E-state index in [-0.39, 0.29) is 20.7 Å². The normalized spacial score (nSPS) is 26.5. The SMILES string of the molecule is COc1ccc(C(=O)O[C@@H]2[C@@H](O)[C@@H](O)[C@@H](O[Si](C)(C)C(C)(C)C)/C=C\[C@@H](O[Si](C)(C)C(C)(C)C)[C@@H]2O[Si](C)(C)C(C)(C)C)cc1. The van der Waals surface area contributed by atoms with Crippen LogP contribution >= 0.6 is 0 Å². The van der Waals surface area contributed by atoms with Crippen molar-refractivity contribution in [1.29, 1.82) is 0 Å². The zero-order chi connectivity index (χ0) is 35.0. The first-order valence-corrected chi connectivity index (χ1v) is 24.8. The van der Waals surface area contributed by atoms with E-state index in [0.717, 1.165) is 0 Å². The highest BCUT2D eigenvalue weighted by molar-refractivity contribution is 6.75. The number of benzene rings is 1. The molecule has 1 aliphatic rings. The molecular weight excluding hydrogens is 621 g/mol. The van der Waals surface area contributed by atoms with Gasteiger partial charge in [-0.1, -0.05) is 74.5 Å². The summed E-state index contributed by atoms with van der Waals surface area (Å²) in [5.74, 6) is -0.0408. The average Bonchev–Trinajstić information content (AvgIpc) is 2.88. The van der Waals surface area contributed by atoms with E-state index in [2.05, 4.69) is 102 Å². The summed E-state index contributed by atoms with van der Waals surface area (Å²) in [4.78, 5) is 13.7. The van der Waals surface area contributed by atoms with E-state index < -0.39 is 67.5 Å². The maximum Gasteiger partial charge on any atom is 0.338 e. The van der Waals surface area contributed by atoms with E-state index in [1.54, 1.807) is 31.4 Å². The van der Waals surface area contributed by atoms with Crippen molar-refractivity contribution in [3.05, 3.63) is 42.0 Å². The third-order valence-electron chi connectivity index (χ3n) is 10.4. The third kappa shape index (κ3) is 9.62. The Hall–Kier alpha value is -1.32. The number of ether oxygens (including phenoxy) is 2. The van der Waals surface area contributed by atoms with Gasteiger partial charge in [0.1, 0.15) is 24.1 Å². The van der Waals surface area contributed by atoms with Gasteiger partial charge in [-0.05, 0) is 78.7 Å². The van der Waals surface area contributed by atoms with Gasteiger partial charge in [-0.15, -0.1) is 0 Å². The van der Waals surface area contributed by atoms with Crippen LogP contribution in [0.2, 0.25) is 54.4 Å². The quantitative estimate of drug-likeness (QED) is 0.155. The molecule has 0 heterocycles. The van der Waals surface area contributed by atoms with E-state index in [4.69, 9.17) is 22.8 Å². The molecule has 6 atom stereocenters. The summed E-state index contributed by atoms with van der Waals surface area (Å²) in [7, 11) is -5.80. The van der Waals surface area contributed by atoms with Crippen LogP contribution in [0.3, 0.4) is 0 Å². The monoisotopic (exact) mass is 682 g/mol. The summed E-state index contributed by atoms with van der Waals surface area (Å²) in [6, 6.07) is 6.59. The predicted molar refractivity (Wildman–Crippen MR) is 190 cm³/mol. The van der Waals surface area contributed by atoms with E-state index in [1.165, 1.54) is 0 Å². The molecule has 45 heavy (non-hydrogen) atoms. The molecule has 258 valence electrons. The second kappa shape index (κ2) is 14.0. The number of methoxy groups -OCH3 is 1. The minimum atomic E-state index is -2.53. The van der Waals surface area contributed by atoms with Gasteiger partial charge in [0.15, 0.2) is 31.1 Å². The average molecular weight is 683 g/mol. The number of hydrogen-bond acceptors (Lipinski definition) is 8.